The number of aliphatic hydroxyl groups excluding tert-OH is 1. The molecule has 0 spiro atoms. The first-order valence-electron chi connectivity index (χ1n) is 9.99. The zero-order valence-electron chi connectivity index (χ0n) is 17.9. The van der Waals surface area contributed by atoms with Crippen LogP contribution in [0.2, 0.25) is 0 Å². The number of rotatable bonds is 16. The zero-order chi connectivity index (χ0) is 21.4. The number of halogens is 1. The number of ether oxygens (including phenoxy) is 3. The second-order valence-corrected chi connectivity index (χ2v) is 6.58. The number of methoxy groups -OCH3 is 1. The molecular weight excluding hydrogens is 424 g/mol. The molecule has 0 aliphatic carbocycles. The summed E-state index contributed by atoms with van der Waals surface area (Å²) in [5.41, 5.74) is 0. The second kappa shape index (κ2) is 16.7. The smallest absolute Gasteiger partial charge is 0.178 e. The maximum atomic E-state index is 10.1. The van der Waals surface area contributed by atoms with Gasteiger partial charge in [0.25, 0.3) is 0 Å². The molecule has 3 N–H and O–H groups in total. The number of aliphatic hydroxyl groups is 1. The van der Waals surface area contributed by atoms with Crippen molar-refractivity contribution in [3.8, 4) is 11.5 Å². The average molecular weight is 457 g/mol. The maximum Gasteiger partial charge on any atom is 0.178 e. The van der Waals surface area contributed by atoms with Crippen LogP contribution < -0.4 is 20.1 Å². The Morgan fingerprint density at radius 3 is 2.00 bits per heavy atom. The minimum Gasteiger partial charge on any atom is -0.491 e. The number of nitrogens with one attached hydrogen (secondary N) is 2. The summed E-state index contributed by atoms with van der Waals surface area (Å²) in [6.45, 7) is 3.63. The lowest BCUT2D eigenvalue weighted by Gasteiger charge is -2.22. The maximum absolute atomic E-state index is 10.1. The Hall–Kier alpha value is -1.91. The van der Waals surface area contributed by atoms with Gasteiger partial charge in [0.15, 0.2) is 6.23 Å². The van der Waals surface area contributed by atoms with Gasteiger partial charge in [0.2, 0.25) is 0 Å². The number of para-hydroxylation sites is 2. The van der Waals surface area contributed by atoms with E-state index in [1.165, 1.54) is 0 Å². The van der Waals surface area contributed by atoms with E-state index < -0.39 is 18.6 Å². The van der Waals surface area contributed by atoms with Gasteiger partial charge >= 0.3 is 0 Å². The van der Waals surface area contributed by atoms with Gasteiger partial charge in [0, 0.05) is 20.2 Å². The van der Waals surface area contributed by atoms with Gasteiger partial charge in [-0.15, -0.1) is 12.4 Å². The van der Waals surface area contributed by atoms with Gasteiger partial charge in [-0.05, 0) is 31.2 Å². The first-order valence-corrected chi connectivity index (χ1v) is 9.99. The molecule has 3 unspecified atom stereocenters. The molecular formula is C22H33ClN2O6. The third-order valence-corrected chi connectivity index (χ3v) is 3.97. The molecule has 31 heavy (non-hydrogen) atoms. The predicted molar refractivity (Wildman–Crippen MR) is 120 cm³/mol. The summed E-state index contributed by atoms with van der Waals surface area (Å²) in [5, 5.41) is 16.3. The summed E-state index contributed by atoms with van der Waals surface area (Å²) in [7, 11) is 1.63. The molecule has 0 radical (unpaired) electrons. The van der Waals surface area contributed by atoms with E-state index in [2.05, 4.69) is 10.6 Å². The molecule has 0 bridgehead atoms. The summed E-state index contributed by atoms with van der Waals surface area (Å²) >= 11 is 0. The number of benzene rings is 2. The molecule has 2 aromatic rings. The van der Waals surface area contributed by atoms with Crippen molar-refractivity contribution in [2.24, 2.45) is 0 Å². The highest BCUT2D eigenvalue weighted by Crippen LogP contribution is 2.10. The fraction of sp³-hybridized carbons (Fsp3) is 0.455. The van der Waals surface area contributed by atoms with Crippen LogP contribution in [0.15, 0.2) is 60.7 Å². The van der Waals surface area contributed by atoms with Crippen molar-refractivity contribution in [1.29, 1.82) is 0 Å². The second-order valence-electron chi connectivity index (χ2n) is 6.58. The SMILES string of the molecule is COCCNC(COc1ccccc1)OOC(C)NCC(O)COc1ccccc1.Cl. The molecule has 0 aliphatic heterocycles. The molecule has 0 aromatic heterocycles. The van der Waals surface area contributed by atoms with Crippen LogP contribution in [-0.2, 0) is 14.5 Å². The molecule has 0 heterocycles. The molecule has 0 aliphatic rings. The largest absolute Gasteiger partial charge is 0.491 e. The Morgan fingerprint density at radius 1 is 0.839 bits per heavy atom. The average Bonchev–Trinajstić information content (AvgIpc) is 2.79. The van der Waals surface area contributed by atoms with Crippen LogP contribution in [0.1, 0.15) is 6.92 Å². The van der Waals surface area contributed by atoms with E-state index in [1.807, 2.05) is 60.7 Å². The number of hydrogen-bond acceptors (Lipinski definition) is 8. The van der Waals surface area contributed by atoms with Crippen molar-refractivity contribution >= 4 is 12.4 Å². The van der Waals surface area contributed by atoms with Crippen LogP contribution in [0.5, 0.6) is 11.5 Å². The van der Waals surface area contributed by atoms with Crippen molar-refractivity contribution in [2.75, 3.05) is 40.0 Å². The van der Waals surface area contributed by atoms with Gasteiger partial charge in [0.05, 0.1) is 6.61 Å². The molecule has 2 aromatic carbocycles. The van der Waals surface area contributed by atoms with Crippen molar-refractivity contribution < 1.29 is 29.1 Å². The quantitative estimate of drug-likeness (QED) is 0.153. The minimum absolute atomic E-state index is 0. The lowest BCUT2D eigenvalue weighted by Crippen LogP contribution is -2.43. The standard InChI is InChI=1S/C22H32N2O6.ClH/c1-18(24-15-19(25)16-27-20-9-5-3-6-10-20)29-30-22(23-13-14-26-2)17-28-21-11-7-4-8-12-21;/h3-12,18-19,22-25H,13-17H2,1-2H3;1H. The van der Waals surface area contributed by atoms with Gasteiger partial charge in [-0.25, -0.2) is 9.78 Å². The van der Waals surface area contributed by atoms with E-state index in [9.17, 15) is 5.11 Å². The monoisotopic (exact) mass is 456 g/mol. The summed E-state index contributed by atoms with van der Waals surface area (Å²) < 4.78 is 16.3. The molecule has 0 amide bonds. The molecule has 9 heteroatoms. The van der Waals surface area contributed by atoms with Crippen molar-refractivity contribution in [3.05, 3.63) is 60.7 Å². The topological polar surface area (TPSA) is 90.4 Å². The van der Waals surface area contributed by atoms with Gasteiger partial charge in [0.1, 0.15) is 37.0 Å². The third-order valence-electron chi connectivity index (χ3n) is 3.97. The molecule has 0 saturated heterocycles. The van der Waals surface area contributed by atoms with Crippen molar-refractivity contribution in [1.82, 2.24) is 10.6 Å². The lowest BCUT2D eigenvalue weighted by molar-refractivity contribution is -0.361. The van der Waals surface area contributed by atoms with Crippen molar-refractivity contribution in [2.45, 2.75) is 25.5 Å². The highest BCUT2D eigenvalue weighted by Gasteiger charge is 2.14. The van der Waals surface area contributed by atoms with Gasteiger partial charge in [-0.1, -0.05) is 36.4 Å². The van der Waals surface area contributed by atoms with E-state index in [4.69, 9.17) is 24.0 Å². The molecule has 2 rings (SSSR count). The summed E-state index contributed by atoms with van der Waals surface area (Å²) in [4.78, 5) is 10.9. The Kier molecular flexibility index (Phi) is 14.6. The Labute approximate surface area is 190 Å². The van der Waals surface area contributed by atoms with Crippen LogP contribution in [0.25, 0.3) is 0 Å². The summed E-state index contributed by atoms with van der Waals surface area (Å²) in [6, 6.07) is 18.8. The van der Waals surface area contributed by atoms with Crippen LogP contribution in [0.4, 0.5) is 0 Å². The molecule has 0 fully saturated rings. The van der Waals surface area contributed by atoms with Crippen LogP contribution >= 0.6 is 12.4 Å². The van der Waals surface area contributed by atoms with Crippen LogP contribution in [0.3, 0.4) is 0 Å². The van der Waals surface area contributed by atoms with Gasteiger partial charge in [-0.3, -0.25) is 10.6 Å². The fourth-order valence-corrected chi connectivity index (χ4v) is 2.39. The van der Waals surface area contributed by atoms with Crippen molar-refractivity contribution in [3.63, 3.8) is 0 Å². The summed E-state index contributed by atoms with van der Waals surface area (Å²) in [6.07, 6.45) is -1.62. The first-order chi connectivity index (χ1) is 14.7. The molecule has 3 atom stereocenters. The molecule has 0 saturated carbocycles. The minimum atomic E-state index is -0.687. The van der Waals surface area contributed by atoms with E-state index in [-0.39, 0.29) is 25.6 Å². The Bertz CT molecular complexity index is 668. The molecule has 174 valence electrons. The van der Waals surface area contributed by atoms with Gasteiger partial charge in [-0.2, -0.15) is 0 Å². The fourth-order valence-electron chi connectivity index (χ4n) is 2.39. The zero-order valence-corrected chi connectivity index (χ0v) is 18.8. The van der Waals surface area contributed by atoms with E-state index in [0.29, 0.717) is 25.4 Å². The first kappa shape index (κ1) is 27.1. The predicted octanol–water partition coefficient (Wildman–Crippen LogP) is 2.37. The third kappa shape index (κ3) is 12.5. The van der Waals surface area contributed by atoms with Crippen LogP contribution in [-0.4, -0.2) is 63.7 Å². The van der Waals surface area contributed by atoms with E-state index in [0.717, 1.165) is 5.75 Å². The van der Waals surface area contributed by atoms with E-state index >= 15 is 0 Å². The van der Waals surface area contributed by atoms with E-state index in [1.54, 1.807) is 14.0 Å². The number of hydrogen-bond donors (Lipinski definition) is 3. The normalized spacial score (nSPS) is 13.6. The highest BCUT2D eigenvalue weighted by atomic mass is 35.5. The van der Waals surface area contributed by atoms with Gasteiger partial charge < -0.3 is 19.3 Å². The molecule has 8 nitrogen and oxygen atoms in total. The Morgan fingerprint density at radius 2 is 1.42 bits per heavy atom. The highest BCUT2D eigenvalue weighted by molar-refractivity contribution is 5.85. The van der Waals surface area contributed by atoms with Crippen LogP contribution in [0, 0.1) is 0 Å². The lowest BCUT2D eigenvalue weighted by atomic mass is 10.3. The Balaban J connectivity index is 0.00000480. The summed E-state index contributed by atoms with van der Waals surface area (Å²) in [5.74, 6) is 1.46.